The zero-order valence-corrected chi connectivity index (χ0v) is 17.1. The molecule has 0 aliphatic heterocycles. The molecule has 5 nitrogen and oxygen atoms in total. The molecule has 1 amide bonds. The lowest BCUT2D eigenvalue weighted by Gasteiger charge is -2.14. The van der Waals surface area contributed by atoms with E-state index in [-0.39, 0.29) is 11.5 Å². The smallest absolute Gasteiger partial charge is 0.260 e. The van der Waals surface area contributed by atoms with E-state index in [1.165, 1.54) is 17.7 Å². The van der Waals surface area contributed by atoms with Gasteiger partial charge in [0.1, 0.15) is 5.82 Å². The number of hydrogen-bond donors (Lipinski definition) is 2. The van der Waals surface area contributed by atoms with Crippen molar-refractivity contribution in [3.8, 4) is 0 Å². The topological polar surface area (TPSA) is 66.4 Å². The Morgan fingerprint density at radius 2 is 1.77 bits per heavy atom. The van der Waals surface area contributed by atoms with Crippen molar-refractivity contribution < 1.29 is 9.18 Å². The van der Waals surface area contributed by atoms with Crippen LogP contribution < -0.4 is 10.6 Å². The van der Waals surface area contributed by atoms with Crippen LogP contribution in [0.15, 0.2) is 78.0 Å². The molecular formula is C24H25FN4O. The second-order valence-electron chi connectivity index (χ2n) is 7.01. The van der Waals surface area contributed by atoms with Crippen LogP contribution in [0.1, 0.15) is 47.7 Å². The van der Waals surface area contributed by atoms with E-state index in [1.54, 1.807) is 24.5 Å². The highest BCUT2D eigenvalue weighted by molar-refractivity contribution is 6.10. The predicted octanol–water partition coefficient (Wildman–Crippen LogP) is 5.13. The Bertz CT molecular complexity index is 1000. The number of aliphatic imine (C=N–C) groups is 1. The number of halogens is 1. The molecule has 0 saturated carbocycles. The number of nitrogens with zero attached hydrogens (tertiary/aromatic N) is 2. The summed E-state index contributed by atoms with van der Waals surface area (Å²) in [5.41, 5.74) is 2.93. The number of nitrogens with one attached hydrogen (secondary N) is 2. The Hall–Kier alpha value is -3.54. The second-order valence-corrected chi connectivity index (χ2v) is 7.01. The van der Waals surface area contributed by atoms with Crippen LogP contribution in [-0.4, -0.2) is 16.9 Å². The van der Waals surface area contributed by atoms with E-state index in [4.69, 9.17) is 0 Å². The maximum absolute atomic E-state index is 14.0. The van der Waals surface area contributed by atoms with E-state index in [9.17, 15) is 9.18 Å². The minimum atomic E-state index is -0.582. The third kappa shape index (κ3) is 5.73. The second kappa shape index (κ2) is 10.3. The molecule has 0 unspecified atom stereocenters. The predicted molar refractivity (Wildman–Crippen MR) is 118 cm³/mol. The Morgan fingerprint density at radius 3 is 2.43 bits per heavy atom. The fraction of sp³-hybridized carbons (Fsp3) is 0.208. The van der Waals surface area contributed by atoms with Gasteiger partial charge in [0, 0.05) is 18.1 Å². The van der Waals surface area contributed by atoms with Crippen LogP contribution in [0.2, 0.25) is 0 Å². The van der Waals surface area contributed by atoms with E-state index in [0.717, 1.165) is 17.7 Å². The van der Waals surface area contributed by atoms with E-state index >= 15 is 0 Å². The Labute approximate surface area is 176 Å². The first kappa shape index (κ1) is 21.2. The summed E-state index contributed by atoms with van der Waals surface area (Å²) in [5, 5.41) is 5.82. The molecule has 154 valence electrons. The summed E-state index contributed by atoms with van der Waals surface area (Å²) in [6.07, 6.45) is 4.43. The Kier molecular flexibility index (Phi) is 7.27. The van der Waals surface area contributed by atoms with Gasteiger partial charge in [-0.2, -0.15) is 0 Å². The minimum Gasteiger partial charge on any atom is -0.326 e. The Balaban J connectivity index is 1.80. The molecule has 0 bridgehead atoms. The van der Waals surface area contributed by atoms with Gasteiger partial charge in [0.15, 0.2) is 0 Å². The molecule has 1 heterocycles. The van der Waals surface area contributed by atoms with E-state index < -0.39 is 11.7 Å². The zero-order chi connectivity index (χ0) is 21.3. The number of amides is 1. The van der Waals surface area contributed by atoms with Crippen molar-refractivity contribution in [2.75, 3.05) is 5.32 Å². The lowest BCUT2D eigenvalue weighted by atomic mass is 9.99. The van der Waals surface area contributed by atoms with Gasteiger partial charge in [0.2, 0.25) is 5.96 Å². The first-order chi connectivity index (χ1) is 14.6. The van der Waals surface area contributed by atoms with Gasteiger partial charge in [-0.1, -0.05) is 38.1 Å². The molecule has 1 aromatic heterocycles. The van der Waals surface area contributed by atoms with Crippen LogP contribution in [0, 0.1) is 5.82 Å². The molecule has 0 aliphatic carbocycles. The highest BCUT2D eigenvalue weighted by Gasteiger charge is 2.13. The number of guanidine groups is 1. The van der Waals surface area contributed by atoms with Gasteiger partial charge in [0.25, 0.3) is 5.91 Å². The average molecular weight is 404 g/mol. The van der Waals surface area contributed by atoms with E-state index in [0.29, 0.717) is 12.5 Å². The summed E-state index contributed by atoms with van der Waals surface area (Å²) in [6, 6.07) is 17.5. The van der Waals surface area contributed by atoms with Crippen LogP contribution in [-0.2, 0) is 6.54 Å². The molecule has 30 heavy (non-hydrogen) atoms. The summed E-state index contributed by atoms with van der Waals surface area (Å²) >= 11 is 0. The van der Waals surface area contributed by atoms with Crippen LogP contribution in [0.4, 0.5) is 10.1 Å². The highest BCUT2D eigenvalue weighted by Crippen LogP contribution is 2.20. The van der Waals surface area contributed by atoms with Crippen molar-refractivity contribution >= 4 is 17.6 Å². The maximum atomic E-state index is 14.0. The van der Waals surface area contributed by atoms with Gasteiger partial charge in [-0.25, -0.2) is 9.38 Å². The molecule has 6 heteroatoms. The molecule has 2 N–H and O–H groups in total. The number of aromatic nitrogens is 1. The molecule has 0 saturated heterocycles. The normalized spacial score (nSPS) is 12.3. The van der Waals surface area contributed by atoms with Crippen LogP contribution in [0.3, 0.4) is 0 Å². The van der Waals surface area contributed by atoms with Gasteiger partial charge in [-0.05, 0) is 59.9 Å². The Morgan fingerprint density at radius 1 is 1.07 bits per heavy atom. The summed E-state index contributed by atoms with van der Waals surface area (Å²) < 4.78 is 14.0. The molecule has 1 atom stereocenters. The summed E-state index contributed by atoms with van der Waals surface area (Å²) in [5.74, 6) is -0.428. The summed E-state index contributed by atoms with van der Waals surface area (Å²) in [7, 11) is 0. The average Bonchev–Trinajstić information content (AvgIpc) is 2.78. The molecule has 0 fully saturated rings. The largest absolute Gasteiger partial charge is 0.326 e. The van der Waals surface area contributed by atoms with Crippen molar-refractivity contribution in [3.05, 3.63) is 95.6 Å². The number of benzene rings is 2. The molecule has 0 spiro atoms. The minimum absolute atomic E-state index is 0.0389. The maximum Gasteiger partial charge on any atom is 0.260 e. The van der Waals surface area contributed by atoms with Crippen LogP contribution in [0.25, 0.3) is 0 Å². The lowest BCUT2D eigenvalue weighted by Crippen LogP contribution is -2.36. The molecule has 0 aliphatic rings. The number of hydrogen-bond acceptors (Lipinski definition) is 3. The van der Waals surface area contributed by atoms with E-state index in [1.807, 2.05) is 24.3 Å². The van der Waals surface area contributed by atoms with Gasteiger partial charge in [-0.15, -0.1) is 0 Å². The molecular weight excluding hydrogens is 379 g/mol. The molecule has 2 aromatic carbocycles. The molecule has 3 rings (SSSR count). The SMILES string of the molecule is CC[C@H](C)c1ccc(NC(=NCc2ccncc2)NC(=O)c2ccccc2F)cc1. The summed E-state index contributed by atoms with van der Waals surface area (Å²) in [6.45, 7) is 4.67. The van der Waals surface area contributed by atoms with Gasteiger partial charge < -0.3 is 5.32 Å². The van der Waals surface area contributed by atoms with Crippen molar-refractivity contribution in [1.82, 2.24) is 10.3 Å². The number of pyridine rings is 1. The fourth-order valence-electron chi connectivity index (χ4n) is 2.86. The fourth-order valence-corrected chi connectivity index (χ4v) is 2.86. The zero-order valence-electron chi connectivity index (χ0n) is 17.1. The first-order valence-electron chi connectivity index (χ1n) is 9.93. The quantitative estimate of drug-likeness (QED) is 0.442. The van der Waals surface area contributed by atoms with Gasteiger partial charge in [-0.3, -0.25) is 15.1 Å². The number of anilines is 1. The van der Waals surface area contributed by atoms with Crippen molar-refractivity contribution in [1.29, 1.82) is 0 Å². The van der Waals surface area contributed by atoms with Crippen molar-refractivity contribution in [3.63, 3.8) is 0 Å². The highest BCUT2D eigenvalue weighted by atomic mass is 19.1. The van der Waals surface area contributed by atoms with Crippen molar-refractivity contribution in [2.45, 2.75) is 32.7 Å². The number of rotatable bonds is 6. The van der Waals surface area contributed by atoms with Crippen LogP contribution in [0.5, 0.6) is 0 Å². The third-order valence-corrected chi connectivity index (χ3v) is 4.87. The van der Waals surface area contributed by atoms with E-state index in [2.05, 4.69) is 46.6 Å². The monoisotopic (exact) mass is 404 g/mol. The third-order valence-electron chi connectivity index (χ3n) is 4.87. The standard InChI is InChI=1S/C24H25FN4O/c1-3-17(2)19-8-10-20(11-9-19)28-24(27-16-18-12-14-26-15-13-18)29-23(30)21-6-4-5-7-22(21)25/h4-15,17H,3,16H2,1-2H3,(H2,27,28,29,30)/t17-/m0/s1. The van der Waals surface area contributed by atoms with Gasteiger partial charge >= 0.3 is 0 Å². The number of carbonyl (C=O) groups excluding carboxylic acids is 1. The van der Waals surface area contributed by atoms with Crippen molar-refractivity contribution in [2.24, 2.45) is 4.99 Å². The first-order valence-corrected chi connectivity index (χ1v) is 9.93. The van der Waals surface area contributed by atoms with Gasteiger partial charge in [0.05, 0.1) is 12.1 Å². The number of carbonyl (C=O) groups is 1. The molecule has 0 radical (unpaired) electrons. The lowest BCUT2D eigenvalue weighted by molar-refractivity contribution is 0.0973. The van der Waals surface area contributed by atoms with Crippen LogP contribution >= 0.6 is 0 Å². The summed E-state index contributed by atoms with van der Waals surface area (Å²) in [4.78, 5) is 21.1. The molecule has 3 aromatic rings.